The Morgan fingerprint density at radius 3 is 3.00 bits per heavy atom. The van der Waals surface area contributed by atoms with E-state index in [9.17, 15) is 8.78 Å². The molecular formula is C9H9F2NO. The number of fused-ring (bicyclic) bond motifs is 1. The molecule has 0 amide bonds. The molecule has 1 N–H and O–H groups in total. The monoisotopic (exact) mass is 185 g/mol. The second-order valence-corrected chi connectivity index (χ2v) is 3.04. The summed E-state index contributed by atoms with van der Waals surface area (Å²) in [6.07, 6.45) is -3.10. The molecule has 0 aromatic heterocycles. The van der Waals surface area contributed by atoms with E-state index in [4.69, 9.17) is 0 Å². The molecular weight excluding hydrogens is 176 g/mol. The average Bonchev–Trinajstić information content (AvgIpc) is 2.02. The van der Waals surface area contributed by atoms with Crippen LogP contribution in [0, 0.1) is 6.92 Å². The van der Waals surface area contributed by atoms with Crippen molar-refractivity contribution in [3.8, 4) is 5.75 Å². The molecule has 0 unspecified atom stereocenters. The zero-order valence-electron chi connectivity index (χ0n) is 7.10. The van der Waals surface area contributed by atoms with Gasteiger partial charge in [-0.3, -0.25) is 0 Å². The van der Waals surface area contributed by atoms with E-state index in [1.54, 1.807) is 6.07 Å². The number of benzene rings is 1. The maximum Gasteiger partial charge on any atom is 0.415 e. The number of halogens is 2. The fraction of sp³-hybridized carbons (Fsp3) is 0.333. The van der Waals surface area contributed by atoms with Crippen molar-refractivity contribution in [1.82, 2.24) is 0 Å². The van der Waals surface area contributed by atoms with E-state index >= 15 is 0 Å². The van der Waals surface area contributed by atoms with Gasteiger partial charge in [0.25, 0.3) is 0 Å². The Bertz CT molecular complexity index is 338. The van der Waals surface area contributed by atoms with Crippen LogP contribution in [0.25, 0.3) is 0 Å². The summed E-state index contributed by atoms with van der Waals surface area (Å²) in [7, 11) is 0. The Morgan fingerprint density at radius 1 is 1.46 bits per heavy atom. The third-order valence-electron chi connectivity index (χ3n) is 1.96. The van der Waals surface area contributed by atoms with Crippen LogP contribution in [0.4, 0.5) is 14.5 Å². The summed E-state index contributed by atoms with van der Waals surface area (Å²) in [5.41, 5.74) is 1.57. The summed E-state index contributed by atoms with van der Waals surface area (Å²) in [5, 5.41) is 2.65. The molecule has 4 heteroatoms. The first kappa shape index (κ1) is 8.29. The quantitative estimate of drug-likeness (QED) is 0.670. The molecule has 0 aliphatic carbocycles. The highest BCUT2D eigenvalue weighted by Crippen LogP contribution is 2.36. The van der Waals surface area contributed by atoms with Crippen molar-refractivity contribution in [1.29, 1.82) is 0 Å². The van der Waals surface area contributed by atoms with Crippen LogP contribution in [-0.4, -0.2) is 12.7 Å². The van der Waals surface area contributed by atoms with E-state index < -0.39 is 12.7 Å². The van der Waals surface area contributed by atoms with Crippen LogP contribution in [0.1, 0.15) is 5.56 Å². The second kappa shape index (κ2) is 2.58. The molecule has 0 saturated carbocycles. The first-order chi connectivity index (χ1) is 6.08. The minimum Gasteiger partial charge on any atom is -0.429 e. The van der Waals surface area contributed by atoms with Gasteiger partial charge in [0.1, 0.15) is 12.3 Å². The summed E-state index contributed by atoms with van der Waals surface area (Å²) >= 11 is 0. The summed E-state index contributed by atoms with van der Waals surface area (Å²) in [6, 6.07) is 5.07. The third-order valence-corrected chi connectivity index (χ3v) is 1.96. The highest BCUT2D eigenvalue weighted by atomic mass is 19.3. The Morgan fingerprint density at radius 2 is 2.23 bits per heavy atom. The number of nitrogens with one attached hydrogen (secondary N) is 1. The van der Waals surface area contributed by atoms with Crippen LogP contribution < -0.4 is 10.1 Å². The molecule has 0 bridgehead atoms. The van der Waals surface area contributed by atoms with Crippen LogP contribution in [0.5, 0.6) is 5.75 Å². The second-order valence-electron chi connectivity index (χ2n) is 3.04. The zero-order valence-corrected chi connectivity index (χ0v) is 7.10. The third kappa shape index (κ3) is 1.43. The minimum atomic E-state index is -3.10. The fourth-order valence-corrected chi connectivity index (χ4v) is 1.34. The Kier molecular flexibility index (Phi) is 1.65. The largest absolute Gasteiger partial charge is 0.429 e. The van der Waals surface area contributed by atoms with Crippen molar-refractivity contribution in [2.45, 2.75) is 13.0 Å². The first-order valence-electron chi connectivity index (χ1n) is 3.99. The van der Waals surface area contributed by atoms with Crippen molar-refractivity contribution >= 4 is 5.69 Å². The lowest BCUT2D eigenvalue weighted by Gasteiger charge is -2.27. The maximum atomic E-state index is 12.7. The molecule has 1 aliphatic rings. The number of ether oxygens (including phenoxy) is 1. The lowest BCUT2D eigenvalue weighted by atomic mass is 10.1. The van der Waals surface area contributed by atoms with Crippen LogP contribution in [0.15, 0.2) is 18.2 Å². The van der Waals surface area contributed by atoms with Gasteiger partial charge in [0.2, 0.25) is 0 Å². The van der Waals surface area contributed by atoms with Crippen molar-refractivity contribution in [2.24, 2.45) is 0 Å². The normalized spacial score (nSPS) is 18.4. The summed E-state index contributed by atoms with van der Waals surface area (Å²) in [6.45, 7) is 1.38. The lowest BCUT2D eigenvalue weighted by molar-refractivity contribution is -0.166. The molecule has 2 nitrogen and oxygen atoms in total. The van der Waals surface area contributed by atoms with E-state index in [-0.39, 0.29) is 5.75 Å². The fourth-order valence-electron chi connectivity index (χ4n) is 1.34. The molecule has 0 radical (unpaired) electrons. The van der Waals surface area contributed by atoms with Crippen molar-refractivity contribution < 1.29 is 13.5 Å². The molecule has 0 saturated heterocycles. The predicted octanol–water partition coefficient (Wildman–Crippen LogP) is 2.39. The van der Waals surface area contributed by atoms with Crippen molar-refractivity contribution in [3.63, 3.8) is 0 Å². The summed E-state index contributed by atoms with van der Waals surface area (Å²) in [5.74, 6) is 0.219. The molecule has 0 fully saturated rings. The number of rotatable bonds is 0. The number of anilines is 1. The maximum absolute atomic E-state index is 12.7. The molecule has 1 heterocycles. The van der Waals surface area contributed by atoms with Crippen molar-refractivity contribution in [3.05, 3.63) is 23.8 Å². The predicted molar refractivity (Wildman–Crippen MR) is 45.2 cm³/mol. The van der Waals surface area contributed by atoms with E-state index in [2.05, 4.69) is 10.1 Å². The first-order valence-corrected chi connectivity index (χ1v) is 3.99. The van der Waals surface area contributed by atoms with Gasteiger partial charge < -0.3 is 10.1 Å². The number of alkyl halides is 2. The highest BCUT2D eigenvalue weighted by molar-refractivity contribution is 5.63. The molecule has 1 aromatic rings. The van der Waals surface area contributed by atoms with Gasteiger partial charge in [-0.2, -0.15) is 8.78 Å². The van der Waals surface area contributed by atoms with Gasteiger partial charge in [0, 0.05) is 0 Å². The van der Waals surface area contributed by atoms with Gasteiger partial charge in [-0.05, 0) is 18.6 Å². The molecule has 70 valence electrons. The Balaban J connectivity index is 2.42. The number of hydrogen-bond acceptors (Lipinski definition) is 2. The summed E-state index contributed by atoms with van der Waals surface area (Å²) < 4.78 is 30.0. The number of para-hydroxylation sites is 1. The molecule has 1 aromatic carbocycles. The molecule has 0 spiro atoms. The standard InChI is InChI=1S/C9H9F2NO/c1-6-3-2-4-7-8(6)12-5-9(10,11)13-7/h2-4,12H,5H2,1H3. The van der Waals surface area contributed by atoms with E-state index in [0.717, 1.165) is 5.56 Å². The van der Waals surface area contributed by atoms with Gasteiger partial charge in [-0.25, -0.2) is 0 Å². The Hall–Kier alpha value is -1.32. The molecule has 0 atom stereocenters. The van der Waals surface area contributed by atoms with Gasteiger partial charge in [-0.15, -0.1) is 0 Å². The summed E-state index contributed by atoms with van der Waals surface area (Å²) in [4.78, 5) is 0. The van der Waals surface area contributed by atoms with E-state index in [1.807, 2.05) is 13.0 Å². The van der Waals surface area contributed by atoms with Crippen LogP contribution in [0.2, 0.25) is 0 Å². The number of aryl methyl sites for hydroxylation is 1. The van der Waals surface area contributed by atoms with Crippen LogP contribution in [-0.2, 0) is 0 Å². The molecule has 2 rings (SSSR count). The molecule has 13 heavy (non-hydrogen) atoms. The smallest absolute Gasteiger partial charge is 0.415 e. The average molecular weight is 185 g/mol. The minimum absolute atomic E-state index is 0.219. The van der Waals surface area contributed by atoms with Crippen LogP contribution in [0.3, 0.4) is 0 Å². The molecule has 1 aliphatic heterocycles. The van der Waals surface area contributed by atoms with Gasteiger partial charge in [0.05, 0.1) is 5.69 Å². The zero-order chi connectivity index (χ0) is 9.47. The van der Waals surface area contributed by atoms with Crippen molar-refractivity contribution in [2.75, 3.05) is 11.9 Å². The van der Waals surface area contributed by atoms with Gasteiger partial charge in [-0.1, -0.05) is 12.1 Å². The lowest BCUT2D eigenvalue weighted by Crippen LogP contribution is -2.37. The van der Waals surface area contributed by atoms with E-state index in [1.165, 1.54) is 6.07 Å². The van der Waals surface area contributed by atoms with Crippen LogP contribution >= 0.6 is 0 Å². The SMILES string of the molecule is Cc1cccc2c1NCC(F)(F)O2. The topological polar surface area (TPSA) is 21.3 Å². The van der Waals surface area contributed by atoms with Gasteiger partial charge >= 0.3 is 6.11 Å². The van der Waals surface area contributed by atoms with Gasteiger partial charge in [0.15, 0.2) is 0 Å². The van der Waals surface area contributed by atoms with E-state index in [0.29, 0.717) is 5.69 Å². The number of hydrogen-bond donors (Lipinski definition) is 1. The Labute approximate surface area is 74.5 Å². The highest BCUT2D eigenvalue weighted by Gasteiger charge is 2.36.